The quantitative estimate of drug-likeness (QED) is 0.396. The van der Waals surface area contributed by atoms with Gasteiger partial charge in [0.2, 0.25) is 0 Å². The minimum atomic E-state index is 0. The molecule has 0 heterocycles. The summed E-state index contributed by atoms with van der Waals surface area (Å²) in [5.74, 6) is 0. The van der Waals surface area contributed by atoms with Crippen molar-refractivity contribution in [3.63, 3.8) is 0 Å². The summed E-state index contributed by atoms with van der Waals surface area (Å²) in [5, 5.41) is 0. The number of hydrogen-bond donors (Lipinski definition) is 0. The van der Waals surface area contributed by atoms with Crippen molar-refractivity contribution in [2.45, 2.75) is 0 Å². The molecule has 0 aromatic carbocycles. The maximum atomic E-state index is 3.22. The Kier molecular flexibility index (Phi) is 19.9. The third-order valence-electron chi connectivity index (χ3n) is 0. The average Bonchev–Trinajstić information content (AvgIpc) is 0.918. The molecule has 1 atom stereocenters. The van der Waals surface area contributed by atoms with Gasteiger partial charge in [-0.05, 0) is 18.4 Å². The van der Waals surface area contributed by atoms with Crippen LogP contribution in [0, 0.1) is 0 Å². The van der Waals surface area contributed by atoms with Crippen LogP contribution in [0.2, 0.25) is 0 Å². The largest absolute Gasteiger partial charge is 0.255 e. The first kappa shape index (κ1) is 8.95. The Labute approximate surface area is 43.8 Å². The fraction of sp³-hybridized carbons (Fsp3) is 0. The van der Waals surface area contributed by atoms with Crippen molar-refractivity contribution >= 4 is 18.4 Å². The smallest absolute Gasteiger partial charge is 0 e. The van der Waals surface area contributed by atoms with E-state index in [9.17, 15) is 0 Å². The molecule has 0 aliphatic heterocycles. The summed E-state index contributed by atoms with van der Waals surface area (Å²) < 4.78 is 3.22. The third-order valence-corrected chi connectivity index (χ3v) is 0. The van der Waals surface area contributed by atoms with Gasteiger partial charge in [0.25, 0.3) is 0 Å². The van der Waals surface area contributed by atoms with Gasteiger partial charge in [0.1, 0.15) is 0 Å². The van der Waals surface area contributed by atoms with Crippen molar-refractivity contribution in [2.75, 3.05) is 0 Å². The van der Waals surface area contributed by atoms with E-state index < -0.39 is 0 Å². The summed E-state index contributed by atoms with van der Waals surface area (Å²) >= 11 is 0. The van der Waals surface area contributed by atoms with Gasteiger partial charge in [0.15, 0.2) is 0 Å². The maximum absolute atomic E-state index is 3.22. The Morgan fingerprint density at radius 3 is 1.75 bits per heavy atom. The molecule has 28 valence electrons. The predicted molar refractivity (Wildman–Crippen MR) is 20.5 cm³/mol. The molecule has 0 bridgehead atoms. The van der Waals surface area contributed by atoms with Crippen LogP contribution in [0.3, 0.4) is 0 Å². The van der Waals surface area contributed by atoms with E-state index in [1.54, 1.807) is 0 Å². The second-order valence-electron chi connectivity index (χ2n) is 0.129. The molecule has 0 aliphatic carbocycles. The molecule has 0 N–H and O–H groups in total. The molecule has 1 unspecified atom stereocenters. The van der Waals surface area contributed by atoms with Crippen LogP contribution < -0.4 is 0 Å². The van der Waals surface area contributed by atoms with Crippen molar-refractivity contribution in [1.82, 2.24) is 0 Å². The Hall–Kier alpha value is 1.19. The molecule has 0 radical (unpaired) electrons. The molecule has 1 nitrogen and oxygen atoms in total. The van der Waals surface area contributed by atoms with E-state index in [0.717, 1.165) is 0 Å². The van der Waals surface area contributed by atoms with Crippen molar-refractivity contribution in [2.24, 2.45) is 4.52 Å². The zero-order valence-corrected chi connectivity index (χ0v) is 5.55. The molecule has 0 fully saturated rings. The standard InChI is InChI=1S/H3NP2.Pd/c2-1-3;/h2H,3H2;. The van der Waals surface area contributed by atoms with E-state index in [1.807, 2.05) is 0 Å². The third kappa shape index (κ3) is 10.8. The van der Waals surface area contributed by atoms with Gasteiger partial charge >= 0.3 is 0 Å². The summed E-state index contributed by atoms with van der Waals surface area (Å²) in [7, 11) is 4.89. The van der Waals surface area contributed by atoms with E-state index in [4.69, 9.17) is 0 Å². The van der Waals surface area contributed by atoms with Crippen LogP contribution in [0.15, 0.2) is 4.52 Å². The van der Waals surface area contributed by atoms with Crippen molar-refractivity contribution in [3.05, 3.63) is 0 Å². The second kappa shape index (κ2) is 8.89. The van der Waals surface area contributed by atoms with Gasteiger partial charge in [-0.25, -0.2) is 0 Å². The zero-order valence-electron chi connectivity index (χ0n) is 1.84. The molecule has 0 rings (SSSR count). The molecule has 0 aromatic rings. The summed E-state index contributed by atoms with van der Waals surface area (Å²) in [4.78, 5) is 0. The van der Waals surface area contributed by atoms with Gasteiger partial charge in [0.05, 0.1) is 0 Å². The average molecular weight is 185 g/mol. The fourth-order valence-electron chi connectivity index (χ4n) is 0. The van der Waals surface area contributed by atoms with Crippen LogP contribution >= 0.6 is 18.4 Å². The molecular weight excluding hydrogens is 182 g/mol. The second-order valence-corrected chi connectivity index (χ2v) is 1.16. The first-order chi connectivity index (χ1) is 1.41. The predicted octanol–water partition coefficient (Wildman–Crippen LogP) is 1.10. The Bertz CT molecular complexity index is 13.5. The maximum Gasteiger partial charge on any atom is 0 e. The summed E-state index contributed by atoms with van der Waals surface area (Å²) in [5.41, 5.74) is 0. The van der Waals surface area contributed by atoms with E-state index in [-0.39, 0.29) is 20.4 Å². The first-order valence-electron chi connectivity index (χ1n) is 0.482. The van der Waals surface area contributed by atoms with Gasteiger partial charge in [0, 0.05) is 20.4 Å². The molecule has 0 amide bonds. The molecule has 0 spiro atoms. The van der Waals surface area contributed by atoms with Crippen LogP contribution in [0.5, 0.6) is 0 Å². The minimum Gasteiger partial charge on any atom is -0.255 e. The van der Waals surface area contributed by atoms with Crippen LogP contribution in [0.4, 0.5) is 0 Å². The van der Waals surface area contributed by atoms with Gasteiger partial charge < -0.3 is 0 Å². The van der Waals surface area contributed by atoms with E-state index >= 15 is 0 Å². The van der Waals surface area contributed by atoms with E-state index in [2.05, 4.69) is 22.9 Å². The van der Waals surface area contributed by atoms with Gasteiger partial charge in [-0.2, -0.15) is 0 Å². The van der Waals surface area contributed by atoms with E-state index in [1.165, 1.54) is 0 Å². The Balaban J connectivity index is 0. The van der Waals surface area contributed by atoms with Gasteiger partial charge in [-0.3, -0.25) is 4.52 Å². The number of rotatable bonds is 0. The minimum absolute atomic E-state index is 0. The Morgan fingerprint density at radius 1 is 1.75 bits per heavy atom. The molecule has 0 aromatic heterocycles. The zero-order chi connectivity index (χ0) is 2.71. The summed E-state index contributed by atoms with van der Waals surface area (Å²) in [6.45, 7) is 0. The SMILES string of the molecule is P=NP.[Pd]. The van der Waals surface area contributed by atoms with Crippen LogP contribution in [-0.4, -0.2) is 0 Å². The number of nitrogens with zero attached hydrogens (tertiary/aromatic N) is 1. The first-order valence-corrected chi connectivity index (χ1v) is 1.45. The molecule has 0 saturated carbocycles. The molecule has 4 heteroatoms. The van der Waals surface area contributed by atoms with Crippen molar-refractivity contribution < 1.29 is 20.4 Å². The molecule has 0 aliphatic rings. The number of hydrogen-bond acceptors (Lipinski definition) is 1. The summed E-state index contributed by atoms with van der Waals surface area (Å²) in [6, 6.07) is 0. The van der Waals surface area contributed by atoms with Crippen LogP contribution in [0.25, 0.3) is 0 Å². The van der Waals surface area contributed by atoms with Crippen LogP contribution in [-0.2, 0) is 20.4 Å². The molecule has 0 saturated heterocycles. The van der Waals surface area contributed by atoms with Gasteiger partial charge in [-0.15, -0.1) is 0 Å². The summed E-state index contributed by atoms with van der Waals surface area (Å²) in [6.07, 6.45) is 0. The monoisotopic (exact) mass is 185 g/mol. The van der Waals surface area contributed by atoms with Gasteiger partial charge in [-0.1, -0.05) is 0 Å². The topological polar surface area (TPSA) is 12.4 Å². The fourth-order valence-corrected chi connectivity index (χ4v) is 0. The van der Waals surface area contributed by atoms with Crippen molar-refractivity contribution in [1.29, 1.82) is 0 Å². The molecule has 4 heavy (non-hydrogen) atoms. The van der Waals surface area contributed by atoms with Crippen LogP contribution in [0.1, 0.15) is 0 Å². The molecular formula is H3NP2Pd. The normalized spacial score (nSPS) is 3.25. The van der Waals surface area contributed by atoms with E-state index in [0.29, 0.717) is 0 Å². The Morgan fingerprint density at radius 2 is 1.75 bits per heavy atom. The van der Waals surface area contributed by atoms with Crippen molar-refractivity contribution in [3.8, 4) is 0 Å².